The standard InChI is InChI=1S/C17H16O2/c1-12-9-10-14(16(18)19)15(11-12)17(2,3)13-7-5-4-6-8-13/h4-11H,2H2,1,3H3/p+1. The van der Waals surface area contributed by atoms with E-state index in [0.717, 1.165) is 16.7 Å². The van der Waals surface area contributed by atoms with Gasteiger partial charge in [-0.05, 0) is 19.9 Å². The van der Waals surface area contributed by atoms with Crippen LogP contribution < -0.4 is 0 Å². The van der Waals surface area contributed by atoms with Crippen molar-refractivity contribution in [2.75, 3.05) is 0 Å². The molecule has 2 aromatic rings. The van der Waals surface area contributed by atoms with Crippen molar-refractivity contribution in [2.45, 2.75) is 19.3 Å². The van der Waals surface area contributed by atoms with Gasteiger partial charge in [0, 0.05) is 11.1 Å². The Kier molecular flexibility index (Phi) is 3.34. The molecule has 19 heavy (non-hydrogen) atoms. The van der Waals surface area contributed by atoms with E-state index in [1.807, 2.05) is 56.3 Å². The molecule has 2 rings (SSSR count). The van der Waals surface area contributed by atoms with Crippen LogP contribution in [0.1, 0.15) is 34.0 Å². The molecular weight excluding hydrogens is 236 g/mol. The number of hydrogen-bond donors (Lipinski definition) is 1. The number of aryl methyl sites for hydroxylation is 1. The Bertz CT molecular complexity index is 598. The summed E-state index contributed by atoms with van der Waals surface area (Å²) in [5.41, 5.74) is 2.51. The zero-order chi connectivity index (χ0) is 14.0. The van der Waals surface area contributed by atoms with Crippen molar-refractivity contribution in [3.05, 3.63) is 77.7 Å². The second kappa shape index (κ2) is 4.81. The second-order valence-electron chi connectivity index (χ2n) is 5.05. The molecule has 0 spiro atoms. The van der Waals surface area contributed by atoms with E-state index in [2.05, 4.69) is 6.92 Å². The number of carboxylic acid groups (broad SMARTS) is 1. The average Bonchev–Trinajstić information content (AvgIpc) is 2.39. The molecule has 1 atom stereocenters. The van der Waals surface area contributed by atoms with E-state index in [1.54, 1.807) is 6.07 Å². The third-order valence-corrected chi connectivity index (χ3v) is 3.41. The molecule has 0 aliphatic rings. The van der Waals surface area contributed by atoms with E-state index >= 15 is 0 Å². The van der Waals surface area contributed by atoms with Crippen LogP contribution in [0.2, 0.25) is 0 Å². The minimum absolute atomic E-state index is 0.312. The minimum Gasteiger partial charge on any atom is -0.478 e. The quantitative estimate of drug-likeness (QED) is 0.844. The van der Waals surface area contributed by atoms with Gasteiger partial charge in [-0.3, -0.25) is 0 Å². The van der Waals surface area contributed by atoms with Crippen LogP contribution in [-0.2, 0) is 5.41 Å². The molecule has 1 unspecified atom stereocenters. The first-order chi connectivity index (χ1) is 8.93. The number of aromatic carboxylic acids is 1. The van der Waals surface area contributed by atoms with Gasteiger partial charge >= 0.3 is 5.97 Å². The Morgan fingerprint density at radius 2 is 1.79 bits per heavy atom. The fourth-order valence-corrected chi connectivity index (χ4v) is 2.26. The van der Waals surface area contributed by atoms with Crippen molar-refractivity contribution in [3.63, 3.8) is 0 Å². The molecule has 0 bridgehead atoms. The zero-order valence-electron chi connectivity index (χ0n) is 11.2. The molecule has 0 heterocycles. The lowest BCUT2D eigenvalue weighted by Crippen LogP contribution is -2.23. The molecule has 0 saturated carbocycles. The second-order valence-corrected chi connectivity index (χ2v) is 5.05. The summed E-state index contributed by atoms with van der Waals surface area (Å²) in [7, 11) is 0. The van der Waals surface area contributed by atoms with E-state index in [4.69, 9.17) is 0 Å². The van der Waals surface area contributed by atoms with Crippen LogP contribution >= 0.6 is 0 Å². The highest BCUT2D eigenvalue weighted by atomic mass is 16.4. The van der Waals surface area contributed by atoms with E-state index in [9.17, 15) is 9.90 Å². The summed E-state index contributed by atoms with van der Waals surface area (Å²) in [6.07, 6.45) is 0. The molecule has 1 N–H and O–H groups in total. The molecule has 2 heteroatoms. The normalized spacial score (nSPS) is 13.8. The third-order valence-electron chi connectivity index (χ3n) is 3.41. The fourth-order valence-electron chi connectivity index (χ4n) is 2.26. The summed E-state index contributed by atoms with van der Waals surface area (Å²) in [5, 5.41) is 9.34. The summed E-state index contributed by atoms with van der Waals surface area (Å²) in [6, 6.07) is 15.1. The van der Waals surface area contributed by atoms with Crippen molar-refractivity contribution < 1.29 is 9.90 Å². The lowest BCUT2D eigenvalue weighted by atomic mass is 9.75. The molecule has 96 valence electrons. The Morgan fingerprint density at radius 3 is 2.37 bits per heavy atom. The van der Waals surface area contributed by atoms with Gasteiger partial charge < -0.3 is 5.11 Å². The van der Waals surface area contributed by atoms with Crippen LogP contribution in [0.25, 0.3) is 0 Å². The van der Waals surface area contributed by atoms with Crippen LogP contribution in [0, 0.1) is 13.8 Å². The maximum atomic E-state index is 11.4. The van der Waals surface area contributed by atoms with Gasteiger partial charge in [0.2, 0.25) is 0 Å². The van der Waals surface area contributed by atoms with Crippen LogP contribution in [0.4, 0.5) is 0 Å². The largest absolute Gasteiger partial charge is 0.478 e. The van der Waals surface area contributed by atoms with Gasteiger partial charge in [0.15, 0.2) is 5.41 Å². The van der Waals surface area contributed by atoms with Crippen LogP contribution in [-0.4, -0.2) is 11.1 Å². The van der Waals surface area contributed by atoms with Gasteiger partial charge in [-0.25, -0.2) is 4.79 Å². The SMILES string of the molecule is [CH2+]C(C)(c1ccccc1)c1cc(C)ccc1C(=O)O. The zero-order valence-corrected chi connectivity index (χ0v) is 11.2. The Labute approximate surface area is 113 Å². The van der Waals surface area contributed by atoms with Crippen molar-refractivity contribution in [2.24, 2.45) is 0 Å². The Hall–Kier alpha value is -2.22. The smallest absolute Gasteiger partial charge is 0.336 e. The van der Waals surface area contributed by atoms with E-state index in [-0.39, 0.29) is 0 Å². The summed E-state index contributed by atoms with van der Waals surface area (Å²) in [6.45, 7) is 8.13. The molecule has 0 amide bonds. The highest BCUT2D eigenvalue weighted by Gasteiger charge is 2.34. The van der Waals surface area contributed by atoms with Crippen molar-refractivity contribution in [3.8, 4) is 0 Å². The van der Waals surface area contributed by atoms with E-state index in [1.165, 1.54) is 0 Å². The molecule has 0 aliphatic heterocycles. The molecule has 0 aromatic heterocycles. The predicted molar refractivity (Wildman–Crippen MR) is 76.4 cm³/mol. The first-order valence-corrected chi connectivity index (χ1v) is 6.18. The number of benzene rings is 2. The molecule has 0 radical (unpaired) electrons. The average molecular weight is 253 g/mol. The first-order valence-electron chi connectivity index (χ1n) is 6.18. The summed E-state index contributed by atoms with van der Waals surface area (Å²) in [4.78, 5) is 11.4. The first kappa shape index (κ1) is 13.2. The molecule has 2 aromatic carbocycles. The van der Waals surface area contributed by atoms with E-state index < -0.39 is 11.4 Å². The Balaban J connectivity index is 2.63. The third kappa shape index (κ3) is 2.48. The van der Waals surface area contributed by atoms with Crippen LogP contribution in [0.3, 0.4) is 0 Å². The van der Waals surface area contributed by atoms with Gasteiger partial charge in [0.25, 0.3) is 0 Å². The highest BCUT2D eigenvalue weighted by molar-refractivity contribution is 5.90. The monoisotopic (exact) mass is 253 g/mol. The molecule has 0 saturated heterocycles. The lowest BCUT2D eigenvalue weighted by Gasteiger charge is -2.21. The van der Waals surface area contributed by atoms with Crippen LogP contribution in [0.5, 0.6) is 0 Å². The predicted octanol–water partition coefficient (Wildman–Crippen LogP) is 3.83. The molecule has 0 aliphatic carbocycles. The number of carbonyl (C=O) groups is 1. The number of rotatable bonds is 3. The van der Waals surface area contributed by atoms with Crippen LogP contribution in [0.15, 0.2) is 48.5 Å². The van der Waals surface area contributed by atoms with Gasteiger partial charge in [0.05, 0.1) is 12.5 Å². The van der Waals surface area contributed by atoms with Gasteiger partial charge in [-0.15, -0.1) is 0 Å². The highest BCUT2D eigenvalue weighted by Crippen LogP contribution is 2.33. The number of hydrogen-bond acceptors (Lipinski definition) is 1. The fraction of sp³-hybridized carbons (Fsp3) is 0.176. The molecular formula is C17H17O2+. The van der Waals surface area contributed by atoms with Crippen molar-refractivity contribution in [1.82, 2.24) is 0 Å². The maximum absolute atomic E-state index is 11.4. The minimum atomic E-state index is -0.916. The maximum Gasteiger partial charge on any atom is 0.336 e. The molecule has 0 fully saturated rings. The lowest BCUT2D eigenvalue weighted by molar-refractivity contribution is 0.0695. The topological polar surface area (TPSA) is 37.3 Å². The van der Waals surface area contributed by atoms with Gasteiger partial charge in [-0.2, -0.15) is 0 Å². The van der Waals surface area contributed by atoms with Gasteiger partial charge in [-0.1, -0.05) is 48.0 Å². The summed E-state index contributed by atoms with van der Waals surface area (Å²) >= 11 is 0. The summed E-state index contributed by atoms with van der Waals surface area (Å²) < 4.78 is 0. The number of carboxylic acids is 1. The van der Waals surface area contributed by atoms with Crippen molar-refractivity contribution >= 4 is 5.97 Å². The van der Waals surface area contributed by atoms with E-state index in [0.29, 0.717) is 5.56 Å². The van der Waals surface area contributed by atoms with Gasteiger partial charge in [0.1, 0.15) is 0 Å². The summed E-state index contributed by atoms with van der Waals surface area (Å²) in [5.74, 6) is -0.916. The van der Waals surface area contributed by atoms with Crippen molar-refractivity contribution in [1.29, 1.82) is 0 Å². The molecule has 2 nitrogen and oxygen atoms in total. The Morgan fingerprint density at radius 1 is 1.16 bits per heavy atom.